The van der Waals surface area contributed by atoms with Gasteiger partial charge in [-0.3, -0.25) is 9.88 Å². The molecule has 112 valence electrons. The van der Waals surface area contributed by atoms with Crippen LogP contribution in [-0.2, 0) is 17.8 Å². The number of hydrogen-bond donors (Lipinski definition) is 1. The van der Waals surface area contributed by atoms with Gasteiger partial charge < -0.3 is 14.3 Å². The molecule has 0 unspecified atom stereocenters. The van der Waals surface area contributed by atoms with E-state index in [0.29, 0.717) is 25.4 Å². The van der Waals surface area contributed by atoms with E-state index in [1.165, 1.54) is 7.11 Å². The Labute approximate surface area is 123 Å². The largest absolute Gasteiger partial charge is 0.463 e. The molecule has 21 heavy (non-hydrogen) atoms. The Morgan fingerprint density at radius 3 is 2.90 bits per heavy atom. The minimum atomic E-state index is -0.498. The van der Waals surface area contributed by atoms with Gasteiger partial charge in [-0.2, -0.15) is 0 Å². The number of esters is 1. The molecule has 0 fully saturated rings. The number of aliphatic hydroxyl groups is 1. The number of rotatable bonds is 7. The predicted octanol–water partition coefficient (Wildman–Crippen LogP) is 1.46. The highest BCUT2D eigenvalue weighted by atomic mass is 16.5. The zero-order chi connectivity index (χ0) is 15.1. The van der Waals surface area contributed by atoms with Crippen LogP contribution in [0.5, 0.6) is 0 Å². The fraction of sp³-hybridized carbons (Fsp3) is 0.333. The molecular formula is C15H18N2O4. The lowest BCUT2D eigenvalue weighted by atomic mass is 10.2. The molecule has 0 aliphatic carbocycles. The Morgan fingerprint density at radius 2 is 2.24 bits per heavy atom. The maximum absolute atomic E-state index is 11.4. The Hall–Kier alpha value is -2.18. The second-order valence-corrected chi connectivity index (χ2v) is 4.55. The Kier molecular flexibility index (Phi) is 5.48. The van der Waals surface area contributed by atoms with Crippen LogP contribution in [0, 0.1) is 0 Å². The van der Waals surface area contributed by atoms with Crippen LogP contribution in [0.15, 0.2) is 41.1 Å². The van der Waals surface area contributed by atoms with E-state index in [-0.39, 0.29) is 12.4 Å². The van der Waals surface area contributed by atoms with Crippen LogP contribution in [-0.4, -0.2) is 41.2 Å². The van der Waals surface area contributed by atoms with Gasteiger partial charge >= 0.3 is 5.97 Å². The Morgan fingerprint density at radius 1 is 1.38 bits per heavy atom. The van der Waals surface area contributed by atoms with Crippen molar-refractivity contribution in [3.05, 3.63) is 53.7 Å². The molecule has 6 heteroatoms. The molecule has 0 atom stereocenters. The van der Waals surface area contributed by atoms with Crippen LogP contribution in [0.3, 0.4) is 0 Å². The summed E-state index contributed by atoms with van der Waals surface area (Å²) in [4.78, 5) is 17.4. The van der Waals surface area contributed by atoms with E-state index in [4.69, 9.17) is 9.52 Å². The van der Waals surface area contributed by atoms with Crippen LogP contribution >= 0.6 is 0 Å². The first kappa shape index (κ1) is 15.2. The van der Waals surface area contributed by atoms with E-state index in [0.717, 1.165) is 5.56 Å². The van der Waals surface area contributed by atoms with Gasteiger partial charge in [0.05, 0.1) is 20.3 Å². The number of carbonyl (C=O) groups excluding carboxylic acids is 1. The van der Waals surface area contributed by atoms with Crippen molar-refractivity contribution in [1.29, 1.82) is 0 Å². The van der Waals surface area contributed by atoms with E-state index in [1.54, 1.807) is 24.5 Å². The molecule has 0 spiro atoms. The lowest BCUT2D eigenvalue weighted by Crippen LogP contribution is -2.25. The molecule has 2 rings (SSSR count). The molecule has 2 aromatic rings. The molecule has 1 N–H and O–H groups in total. The number of aliphatic hydroxyl groups excluding tert-OH is 1. The van der Waals surface area contributed by atoms with Crippen molar-refractivity contribution < 1.29 is 19.1 Å². The number of ether oxygens (including phenoxy) is 1. The third kappa shape index (κ3) is 4.40. The van der Waals surface area contributed by atoms with Crippen LogP contribution < -0.4 is 0 Å². The number of methoxy groups -OCH3 is 1. The topological polar surface area (TPSA) is 75.8 Å². The monoisotopic (exact) mass is 290 g/mol. The minimum Gasteiger partial charge on any atom is -0.463 e. The zero-order valence-corrected chi connectivity index (χ0v) is 11.9. The SMILES string of the molecule is COC(=O)c1ccc(CN(CCO)Cc2cccnc2)o1. The van der Waals surface area contributed by atoms with Crippen LogP contribution in [0.1, 0.15) is 21.9 Å². The van der Waals surface area contributed by atoms with Gasteiger partial charge in [0.25, 0.3) is 0 Å². The summed E-state index contributed by atoms with van der Waals surface area (Å²) < 4.78 is 10.0. The third-order valence-electron chi connectivity index (χ3n) is 2.97. The van der Waals surface area contributed by atoms with E-state index >= 15 is 0 Å². The second-order valence-electron chi connectivity index (χ2n) is 4.55. The quantitative estimate of drug-likeness (QED) is 0.778. The highest BCUT2D eigenvalue weighted by Crippen LogP contribution is 2.13. The summed E-state index contributed by atoms with van der Waals surface area (Å²) in [6.07, 6.45) is 3.50. The van der Waals surface area contributed by atoms with Crippen LogP contribution in [0.4, 0.5) is 0 Å². The summed E-state index contributed by atoms with van der Waals surface area (Å²) in [5, 5.41) is 9.16. The molecule has 2 aromatic heterocycles. The van der Waals surface area contributed by atoms with Crippen LogP contribution in [0.2, 0.25) is 0 Å². The molecule has 0 aliphatic rings. The minimum absolute atomic E-state index is 0.0465. The molecule has 0 bridgehead atoms. The van der Waals surface area contributed by atoms with Gasteiger partial charge in [-0.25, -0.2) is 4.79 Å². The number of aromatic nitrogens is 1. The summed E-state index contributed by atoms with van der Waals surface area (Å²) in [6.45, 7) is 1.68. The average Bonchev–Trinajstić information content (AvgIpc) is 2.96. The van der Waals surface area contributed by atoms with Crippen molar-refractivity contribution in [1.82, 2.24) is 9.88 Å². The number of pyridine rings is 1. The van der Waals surface area contributed by atoms with E-state index in [9.17, 15) is 4.79 Å². The molecule has 6 nitrogen and oxygen atoms in total. The van der Waals surface area contributed by atoms with Crippen molar-refractivity contribution in [2.24, 2.45) is 0 Å². The second kappa shape index (κ2) is 7.56. The Bertz CT molecular complexity index is 568. The van der Waals surface area contributed by atoms with Crippen molar-refractivity contribution in [2.45, 2.75) is 13.1 Å². The summed E-state index contributed by atoms with van der Waals surface area (Å²) in [5.41, 5.74) is 1.05. The first-order chi connectivity index (χ1) is 10.2. The number of carbonyl (C=O) groups is 1. The molecule has 2 heterocycles. The van der Waals surface area contributed by atoms with E-state index in [2.05, 4.69) is 9.72 Å². The predicted molar refractivity (Wildman–Crippen MR) is 75.5 cm³/mol. The van der Waals surface area contributed by atoms with Gasteiger partial charge in [0.1, 0.15) is 5.76 Å². The first-order valence-corrected chi connectivity index (χ1v) is 6.62. The summed E-state index contributed by atoms with van der Waals surface area (Å²) in [6, 6.07) is 7.16. The van der Waals surface area contributed by atoms with Crippen molar-refractivity contribution in [3.8, 4) is 0 Å². The molecule has 0 radical (unpaired) electrons. The van der Waals surface area contributed by atoms with Gasteiger partial charge in [-0.1, -0.05) is 6.07 Å². The third-order valence-corrected chi connectivity index (χ3v) is 2.97. The molecule has 0 saturated carbocycles. The normalized spacial score (nSPS) is 10.8. The van der Waals surface area contributed by atoms with Crippen LogP contribution in [0.25, 0.3) is 0 Å². The smallest absolute Gasteiger partial charge is 0.373 e. The molecular weight excluding hydrogens is 272 g/mol. The lowest BCUT2D eigenvalue weighted by Gasteiger charge is -2.19. The van der Waals surface area contributed by atoms with E-state index < -0.39 is 5.97 Å². The number of nitrogens with zero attached hydrogens (tertiary/aromatic N) is 2. The van der Waals surface area contributed by atoms with E-state index in [1.807, 2.05) is 17.0 Å². The van der Waals surface area contributed by atoms with Gasteiger partial charge in [-0.05, 0) is 23.8 Å². The Balaban J connectivity index is 2.02. The highest BCUT2D eigenvalue weighted by molar-refractivity contribution is 5.86. The van der Waals surface area contributed by atoms with Gasteiger partial charge in [0.2, 0.25) is 5.76 Å². The summed E-state index contributed by atoms with van der Waals surface area (Å²) in [7, 11) is 1.31. The molecule has 0 amide bonds. The maximum Gasteiger partial charge on any atom is 0.373 e. The molecule has 0 saturated heterocycles. The average molecular weight is 290 g/mol. The summed E-state index contributed by atoms with van der Waals surface area (Å²) in [5.74, 6) is 0.327. The summed E-state index contributed by atoms with van der Waals surface area (Å²) >= 11 is 0. The standard InChI is InChI=1S/C15H18N2O4/c1-20-15(19)14-5-4-13(21-14)11-17(7-8-18)10-12-3-2-6-16-9-12/h2-6,9,18H,7-8,10-11H2,1H3. The highest BCUT2D eigenvalue weighted by Gasteiger charge is 2.14. The van der Waals surface area contributed by atoms with Crippen molar-refractivity contribution in [3.63, 3.8) is 0 Å². The van der Waals surface area contributed by atoms with Gasteiger partial charge in [-0.15, -0.1) is 0 Å². The zero-order valence-electron chi connectivity index (χ0n) is 11.9. The molecule has 0 aromatic carbocycles. The fourth-order valence-electron chi connectivity index (χ4n) is 2.00. The molecule has 0 aliphatic heterocycles. The number of furan rings is 1. The maximum atomic E-state index is 11.4. The fourth-order valence-corrected chi connectivity index (χ4v) is 2.00. The van der Waals surface area contributed by atoms with Gasteiger partial charge in [0.15, 0.2) is 0 Å². The first-order valence-electron chi connectivity index (χ1n) is 6.62. The van der Waals surface area contributed by atoms with Crippen molar-refractivity contribution >= 4 is 5.97 Å². The van der Waals surface area contributed by atoms with Crippen molar-refractivity contribution in [2.75, 3.05) is 20.3 Å². The number of hydrogen-bond acceptors (Lipinski definition) is 6. The lowest BCUT2D eigenvalue weighted by molar-refractivity contribution is 0.0560. The van der Waals surface area contributed by atoms with Gasteiger partial charge in [0, 0.05) is 25.5 Å².